The van der Waals surface area contributed by atoms with Gasteiger partial charge in [0.05, 0.1) is 0 Å². The predicted molar refractivity (Wildman–Crippen MR) is 58.0 cm³/mol. The molecule has 2 N–H and O–H groups in total. The van der Waals surface area contributed by atoms with Crippen molar-refractivity contribution in [3.05, 3.63) is 24.0 Å². The molecule has 0 aromatic heterocycles. The van der Waals surface area contributed by atoms with Crippen molar-refractivity contribution in [1.29, 1.82) is 0 Å². The lowest BCUT2D eigenvalue weighted by Gasteiger charge is -2.04. The largest absolute Gasteiger partial charge is 0.398 e. The quantitative estimate of drug-likeness (QED) is 0.466. The number of nitrogen functional groups attached to an aromatic ring is 1. The first-order valence-electron chi connectivity index (χ1n) is 4.41. The molecule has 0 heterocycles. The van der Waals surface area contributed by atoms with Gasteiger partial charge in [-0.2, -0.15) is 0 Å². The van der Waals surface area contributed by atoms with Gasteiger partial charge in [-0.25, -0.2) is 4.39 Å². The lowest BCUT2D eigenvalue weighted by atomic mass is 10.3. The Morgan fingerprint density at radius 3 is 2.93 bits per heavy atom. The molecule has 0 spiro atoms. The van der Waals surface area contributed by atoms with E-state index in [0.717, 1.165) is 23.7 Å². The van der Waals surface area contributed by atoms with E-state index in [2.05, 4.69) is 0 Å². The number of hydrogen-bond acceptors (Lipinski definition) is 3. The standard InChI is InChI=1S/C10H14FNOS/c1-13-5-2-6-14-10-4-3-8(11)7-9(10)12/h3-4,7H,2,5-6,12H2,1H3. The molecule has 2 nitrogen and oxygen atoms in total. The normalized spacial score (nSPS) is 10.4. The molecule has 0 bridgehead atoms. The monoisotopic (exact) mass is 215 g/mol. The first kappa shape index (κ1) is 11.3. The number of hydrogen-bond donors (Lipinski definition) is 1. The molecule has 1 rings (SSSR count). The average molecular weight is 215 g/mol. The van der Waals surface area contributed by atoms with Crippen LogP contribution in [0.25, 0.3) is 0 Å². The maximum absolute atomic E-state index is 12.7. The summed E-state index contributed by atoms with van der Waals surface area (Å²) in [6, 6.07) is 4.48. The number of rotatable bonds is 5. The van der Waals surface area contributed by atoms with E-state index in [9.17, 15) is 4.39 Å². The Labute approximate surface area is 87.6 Å². The van der Waals surface area contributed by atoms with Gasteiger partial charge in [0, 0.05) is 30.1 Å². The summed E-state index contributed by atoms with van der Waals surface area (Å²) in [7, 11) is 1.68. The topological polar surface area (TPSA) is 35.2 Å². The molecule has 0 saturated heterocycles. The van der Waals surface area contributed by atoms with Crippen molar-refractivity contribution in [2.75, 3.05) is 25.2 Å². The van der Waals surface area contributed by atoms with E-state index >= 15 is 0 Å². The zero-order valence-corrected chi connectivity index (χ0v) is 8.94. The summed E-state index contributed by atoms with van der Waals surface area (Å²) in [5.41, 5.74) is 6.15. The Morgan fingerprint density at radius 2 is 2.29 bits per heavy atom. The highest BCUT2D eigenvalue weighted by Gasteiger charge is 2.00. The van der Waals surface area contributed by atoms with E-state index < -0.39 is 0 Å². The number of ether oxygens (including phenoxy) is 1. The van der Waals surface area contributed by atoms with Crippen molar-refractivity contribution >= 4 is 17.4 Å². The van der Waals surface area contributed by atoms with Crippen molar-refractivity contribution in [1.82, 2.24) is 0 Å². The van der Waals surface area contributed by atoms with E-state index in [1.54, 1.807) is 24.9 Å². The second-order valence-corrected chi connectivity index (χ2v) is 4.01. The molecule has 0 saturated carbocycles. The Hall–Kier alpha value is -0.740. The highest BCUT2D eigenvalue weighted by atomic mass is 32.2. The van der Waals surface area contributed by atoms with Gasteiger partial charge in [-0.1, -0.05) is 0 Å². The van der Waals surface area contributed by atoms with Gasteiger partial charge in [0.2, 0.25) is 0 Å². The van der Waals surface area contributed by atoms with Crippen molar-refractivity contribution < 1.29 is 9.13 Å². The number of halogens is 1. The van der Waals surface area contributed by atoms with Crippen LogP contribution in [-0.2, 0) is 4.74 Å². The second-order valence-electron chi connectivity index (χ2n) is 2.88. The van der Waals surface area contributed by atoms with Gasteiger partial charge in [0.15, 0.2) is 0 Å². The maximum Gasteiger partial charge on any atom is 0.125 e. The van der Waals surface area contributed by atoms with Crippen LogP contribution in [-0.4, -0.2) is 19.5 Å². The van der Waals surface area contributed by atoms with E-state index in [1.165, 1.54) is 12.1 Å². The molecule has 1 aromatic carbocycles. The van der Waals surface area contributed by atoms with Gasteiger partial charge >= 0.3 is 0 Å². The predicted octanol–water partition coefficient (Wildman–Crippen LogP) is 2.54. The van der Waals surface area contributed by atoms with Crippen LogP contribution in [0.2, 0.25) is 0 Å². The Bertz CT molecular complexity index is 293. The molecule has 1 aromatic rings. The smallest absolute Gasteiger partial charge is 0.125 e. The lowest BCUT2D eigenvalue weighted by Crippen LogP contribution is -1.93. The summed E-state index contributed by atoms with van der Waals surface area (Å²) in [6.45, 7) is 0.744. The molecule has 0 radical (unpaired) electrons. The minimum absolute atomic E-state index is 0.288. The molecule has 4 heteroatoms. The fraction of sp³-hybridized carbons (Fsp3) is 0.400. The lowest BCUT2D eigenvalue weighted by molar-refractivity contribution is 0.200. The molecule has 0 atom stereocenters. The first-order valence-corrected chi connectivity index (χ1v) is 5.39. The summed E-state index contributed by atoms with van der Waals surface area (Å²) in [5, 5.41) is 0. The van der Waals surface area contributed by atoms with E-state index in [1.807, 2.05) is 0 Å². The molecule has 0 fully saturated rings. The van der Waals surface area contributed by atoms with Gasteiger partial charge in [-0.3, -0.25) is 0 Å². The average Bonchev–Trinajstić information content (AvgIpc) is 2.15. The van der Waals surface area contributed by atoms with Gasteiger partial charge in [0.25, 0.3) is 0 Å². The maximum atomic E-state index is 12.7. The zero-order chi connectivity index (χ0) is 10.4. The molecule has 0 amide bonds. The van der Waals surface area contributed by atoms with Crippen LogP contribution in [0, 0.1) is 5.82 Å². The van der Waals surface area contributed by atoms with Crippen molar-refractivity contribution in [2.24, 2.45) is 0 Å². The number of thioether (sulfide) groups is 1. The second kappa shape index (κ2) is 5.88. The SMILES string of the molecule is COCCCSc1ccc(F)cc1N. The molecular weight excluding hydrogens is 201 g/mol. The third-order valence-electron chi connectivity index (χ3n) is 1.72. The number of methoxy groups -OCH3 is 1. The highest BCUT2D eigenvalue weighted by molar-refractivity contribution is 7.99. The van der Waals surface area contributed by atoms with Gasteiger partial charge < -0.3 is 10.5 Å². The van der Waals surface area contributed by atoms with Crippen molar-refractivity contribution in [2.45, 2.75) is 11.3 Å². The molecule has 0 unspecified atom stereocenters. The molecule has 14 heavy (non-hydrogen) atoms. The molecule has 0 aliphatic carbocycles. The summed E-state index contributed by atoms with van der Waals surface area (Å²) in [4.78, 5) is 0.933. The fourth-order valence-corrected chi connectivity index (χ4v) is 1.91. The number of anilines is 1. The van der Waals surface area contributed by atoms with Crippen LogP contribution >= 0.6 is 11.8 Å². The van der Waals surface area contributed by atoms with Crippen LogP contribution in [0.4, 0.5) is 10.1 Å². The van der Waals surface area contributed by atoms with E-state index in [4.69, 9.17) is 10.5 Å². The summed E-state index contributed by atoms with van der Waals surface area (Å²) in [6.07, 6.45) is 0.970. The fourth-order valence-electron chi connectivity index (χ4n) is 1.04. The Balaban J connectivity index is 2.42. The van der Waals surface area contributed by atoms with Crippen molar-refractivity contribution in [3.8, 4) is 0 Å². The minimum Gasteiger partial charge on any atom is -0.398 e. The van der Waals surface area contributed by atoms with Crippen LogP contribution < -0.4 is 5.73 Å². The Kier molecular flexibility index (Phi) is 4.76. The van der Waals surface area contributed by atoms with Crippen LogP contribution in [0.3, 0.4) is 0 Å². The molecule has 0 aliphatic rings. The summed E-state index contributed by atoms with van der Waals surface area (Å²) < 4.78 is 17.6. The first-order chi connectivity index (χ1) is 6.74. The summed E-state index contributed by atoms with van der Waals surface area (Å²) in [5.74, 6) is 0.646. The molecule has 78 valence electrons. The Morgan fingerprint density at radius 1 is 1.50 bits per heavy atom. The van der Waals surface area contributed by atoms with Crippen LogP contribution in [0.5, 0.6) is 0 Å². The van der Waals surface area contributed by atoms with E-state index in [-0.39, 0.29) is 5.82 Å². The molecular formula is C10H14FNOS. The number of nitrogens with two attached hydrogens (primary N) is 1. The molecule has 0 aliphatic heterocycles. The van der Waals surface area contributed by atoms with Crippen LogP contribution in [0.1, 0.15) is 6.42 Å². The zero-order valence-electron chi connectivity index (χ0n) is 8.13. The van der Waals surface area contributed by atoms with Gasteiger partial charge in [-0.15, -0.1) is 11.8 Å². The number of benzene rings is 1. The van der Waals surface area contributed by atoms with E-state index in [0.29, 0.717) is 5.69 Å². The summed E-state index contributed by atoms with van der Waals surface area (Å²) >= 11 is 1.62. The van der Waals surface area contributed by atoms with Gasteiger partial charge in [-0.05, 0) is 24.6 Å². The minimum atomic E-state index is -0.288. The van der Waals surface area contributed by atoms with Gasteiger partial charge in [0.1, 0.15) is 5.82 Å². The third-order valence-corrected chi connectivity index (χ3v) is 2.90. The third kappa shape index (κ3) is 3.55. The van der Waals surface area contributed by atoms with Crippen LogP contribution in [0.15, 0.2) is 23.1 Å². The highest BCUT2D eigenvalue weighted by Crippen LogP contribution is 2.25. The van der Waals surface area contributed by atoms with Crippen molar-refractivity contribution in [3.63, 3.8) is 0 Å².